The van der Waals surface area contributed by atoms with Crippen molar-refractivity contribution in [2.75, 3.05) is 18.4 Å². The zero-order chi connectivity index (χ0) is 17.1. The molecule has 0 aromatic heterocycles. The minimum Gasteiger partial charge on any atom is -0.326 e. The molecule has 2 aromatic rings. The van der Waals surface area contributed by atoms with E-state index in [1.165, 1.54) is 5.56 Å². The van der Waals surface area contributed by atoms with Gasteiger partial charge >= 0.3 is 0 Å². The van der Waals surface area contributed by atoms with E-state index in [4.69, 9.17) is 5.73 Å². The van der Waals surface area contributed by atoms with Gasteiger partial charge in [-0.3, -0.25) is 9.69 Å². The van der Waals surface area contributed by atoms with Crippen molar-refractivity contribution in [3.63, 3.8) is 0 Å². The van der Waals surface area contributed by atoms with E-state index < -0.39 is 0 Å². The summed E-state index contributed by atoms with van der Waals surface area (Å²) in [7, 11) is 0. The van der Waals surface area contributed by atoms with Crippen LogP contribution in [0.15, 0.2) is 59.1 Å². The molecule has 4 nitrogen and oxygen atoms in total. The van der Waals surface area contributed by atoms with Crippen molar-refractivity contribution in [3.8, 4) is 0 Å². The van der Waals surface area contributed by atoms with Gasteiger partial charge < -0.3 is 11.1 Å². The number of carbonyl (C=O) groups is 1. The summed E-state index contributed by atoms with van der Waals surface area (Å²) in [6.07, 6.45) is 0. The first-order valence-electron chi connectivity index (χ1n) is 8.16. The van der Waals surface area contributed by atoms with Gasteiger partial charge in [-0.05, 0) is 40.5 Å². The van der Waals surface area contributed by atoms with E-state index in [0.29, 0.717) is 0 Å². The number of anilines is 1. The predicted molar refractivity (Wildman–Crippen MR) is 101 cm³/mol. The Morgan fingerprint density at radius 2 is 1.83 bits per heavy atom. The smallest absolute Gasteiger partial charge is 0.241 e. The van der Waals surface area contributed by atoms with E-state index in [1.807, 2.05) is 49.4 Å². The van der Waals surface area contributed by atoms with Crippen LogP contribution >= 0.6 is 15.9 Å². The molecule has 1 unspecified atom stereocenters. The number of amides is 1. The van der Waals surface area contributed by atoms with E-state index in [-0.39, 0.29) is 23.9 Å². The quantitative estimate of drug-likeness (QED) is 0.846. The second-order valence-corrected chi connectivity index (χ2v) is 7.13. The number of hydrogen-bond donors (Lipinski definition) is 2. The highest BCUT2D eigenvalue weighted by Gasteiger charge is 2.35. The Morgan fingerprint density at radius 3 is 2.54 bits per heavy atom. The molecule has 0 radical (unpaired) electrons. The maximum atomic E-state index is 12.6. The number of carbonyl (C=O) groups excluding carboxylic acids is 1. The molecule has 24 heavy (non-hydrogen) atoms. The number of nitrogens with one attached hydrogen (secondary N) is 1. The van der Waals surface area contributed by atoms with Crippen LogP contribution in [0.5, 0.6) is 0 Å². The van der Waals surface area contributed by atoms with Crippen LogP contribution in [-0.2, 0) is 4.79 Å². The first-order valence-corrected chi connectivity index (χ1v) is 8.95. The molecule has 1 aliphatic heterocycles. The van der Waals surface area contributed by atoms with Crippen LogP contribution in [0.1, 0.15) is 18.4 Å². The van der Waals surface area contributed by atoms with Crippen LogP contribution in [0.3, 0.4) is 0 Å². The number of nitrogens with two attached hydrogens (primary N) is 1. The predicted octanol–water partition coefficient (Wildman–Crippen LogP) is 3.20. The van der Waals surface area contributed by atoms with Crippen molar-refractivity contribution in [1.82, 2.24) is 4.90 Å². The van der Waals surface area contributed by atoms with Gasteiger partial charge in [0.2, 0.25) is 5.91 Å². The molecular weight excluding hydrogens is 366 g/mol. The summed E-state index contributed by atoms with van der Waals surface area (Å²) in [4.78, 5) is 14.7. The van der Waals surface area contributed by atoms with Crippen LogP contribution in [0, 0.1) is 0 Å². The normalized spacial score (nSPS) is 22.3. The second-order valence-electron chi connectivity index (χ2n) is 6.28. The molecule has 126 valence electrons. The summed E-state index contributed by atoms with van der Waals surface area (Å²) < 4.78 is 0.880. The summed E-state index contributed by atoms with van der Waals surface area (Å²) in [5, 5.41) is 2.99. The van der Waals surface area contributed by atoms with Gasteiger partial charge in [0.15, 0.2) is 0 Å². The maximum Gasteiger partial charge on any atom is 0.241 e. The molecule has 3 atom stereocenters. The summed E-state index contributed by atoms with van der Waals surface area (Å²) in [5.41, 5.74) is 8.37. The first-order chi connectivity index (χ1) is 11.6. The van der Waals surface area contributed by atoms with Gasteiger partial charge in [0, 0.05) is 29.5 Å². The van der Waals surface area contributed by atoms with Crippen molar-refractivity contribution in [1.29, 1.82) is 0 Å². The summed E-state index contributed by atoms with van der Waals surface area (Å²) in [6.45, 7) is 3.46. The Hall–Kier alpha value is -1.69. The Kier molecular flexibility index (Phi) is 5.33. The fourth-order valence-electron chi connectivity index (χ4n) is 3.20. The zero-order valence-electron chi connectivity index (χ0n) is 13.7. The van der Waals surface area contributed by atoms with Crippen molar-refractivity contribution < 1.29 is 4.79 Å². The molecule has 5 heteroatoms. The van der Waals surface area contributed by atoms with Crippen LogP contribution in [0.2, 0.25) is 0 Å². The van der Waals surface area contributed by atoms with E-state index >= 15 is 0 Å². The van der Waals surface area contributed by atoms with Crippen molar-refractivity contribution >= 4 is 27.5 Å². The molecule has 0 saturated carbocycles. The van der Waals surface area contributed by atoms with Gasteiger partial charge in [0.25, 0.3) is 0 Å². The fraction of sp³-hybridized carbons (Fsp3) is 0.316. The fourth-order valence-corrected chi connectivity index (χ4v) is 3.58. The van der Waals surface area contributed by atoms with E-state index in [9.17, 15) is 4.79 Å². The highest BCUT2D eigenvalue weighted by atomic mass is 79.9. The van der Waals surface area contributed by atoms with Crippen molar-refractivity contribution in [3.05, 3.63) is 64.6 Å². The van der Waals surface area contributed by atoms with E-state index in [2.05, 4.69) is 38.3 Å². The zero-order valence-corrected chi connectivity index (χ0v) is 15.2. The molecule has 1 amide bonds. The average molecular weight is 388 g/mol. The molecule has 2 aromatic carbocycles. The van der Waals surface area contributed by atoms with Gasteiger partial charge in [-0.15, -0.1) is 0 Å². The molecule has 3 N–H and O–H groups in total. The molecule has 0 bridgehead atoms. The van der Waals surface area contributed by atoms with Gasteiger partial charge in [-0.1, -0.05) is 42.5 Å². The Balaban J connectivity index is 1.66. The second kappa shape index (κ2) is 7.47. The van der Waals surface area contributed by atoms with Crippen LogP contribution in [-0.4, -0.2) is 36.0 Å². The molecule has 1 aliphatic rings. The Labute approximate surface area is 151 Å². The van der Waals surface area contributed by atoms with Crippen molar-refractivity contribution in [2.45, 2.75) is 24.9 Å². The van der Waals surface area contributed by atoms with Crippen molar-refractivity contribution in [2.24, 2.45) is 5.73 Å². The third-order valence-electron chi connectivity index (χ3n) is 4.68. The number of halogens is 1. The SMILES string of the molecule is CC(C(=O)Nc1ccccc1Br)N1C[C@@H](N)[C@H](c2ccccc2)C1. The van der Waals surface area contributed by atoms with Gasteiger partial charge in [-0.2, -0.15) is 0 Å². The van der Waals surface area contributed by atoms with Gasteiger partial charge in [0.05, 0.1) is 11.7 Å². The minimum absolute atomic E-state index is 0.0113. The van der Waals surface area contributed by atoms with Crippen LogP contribution < -0.4 is 11.1 Å². The molecule has 1 heterocycles. The van der Waals surface area contributed by atoms with E-state index in [1.54, 1.807) is 0 Å². The lowest BCUT2D eigenvalue weighted by Gasteiger charge is -2.23. The average Bonchev–Trinajstić information content (AvgIpc) is 2.98. The monoisotopic (exact) mass is 387 g/mol. The topological polar surface area (TPSA) is 58.4 Å². The number of benzene rings is 2. The summed E-state index contributed by atoms with van der Waals surface area (Å²) >= 11 is 3.46. The number of likely N-dealkylation sites (tertiary alicyclic amines) is 1. The van der Waals surface area contributed by atoms with Crippen LogP contribution in [0.4, 0.5) is 5.69 Å². The highest BCUT2D eigenvalue weighted by molar-refractivity contribution is 9.10. The third kappa shape index (κ3) is 3.69. The Bertz CT molecular complexity index is 707. The standard InChI is InChI=1S/C19H22BrN3O/c1-13(19(24)22-18-10-6-5-9-16(18)20)23-11-15(17(21)12-23)14-7-3-2-4-8-14/h2-10,13,15,17H,11-12,21H2,1H3,(H,22,24)/t13?,15-,17+/m0/s1. The minimum atomic E-state index is -0.225. The molecule has 1 saturated heterocycles. The molecule has 0 aliphatic carbocycles. The largest absolute Gasteiger partial charge is 0.326 e. The number of hydrogen-bond acceptors (Lipinski definition) is 3. The third-order valence-corrected chi connectivity index (χ3v) is 5.37. The maximum absolute atomic E-state index is 12.6. The lowest BCUT2D eigenvalue weighted by atomic mass is 9.95. The lowest BCUT2D eigenvalue weighted by molar-refractivity contribution is -0.120. The molecule has 3 rings (SSSR count). The molecule has 1 fully saturated rings. The van der Waals surface area contributed by atoms with Crippen LogP contribution in [0.25, 0.3) is 0 Å². The number of rotatable bonds is 4. The first kappa shape index (κ1) is 17.1. The molecule has 0 spiro atoms. The lowest BCUT2D eigenvalue weighted by Crippen LogP contribution is -2.41. The summed E-state index contributed by atoms with van der Waals surface area (Å²) in [6, 6.07) is 17.8. The highest BCUT2D eigenvalue weighted by Crippen LogP contribution is 2.28. The van der Waals surface area contributed by atoms with Gasteiger partial charge in [0.1, 0.15) is 0 Å². The number of para-hydroxylation sites is 1. The summed E-state index contributed by atoms with van der Waals surface area (Å²) in [5.74, 6) is 0.257. The molecular formula is C19H22BrN3O. The van der Waals surface area contributed by atoms with Gasteiger partial charge in [-0.25, -0.2) is 0 Å². The Morgan fingerprint density at radius 1 is 1.17 bits per heavy atom. The number of nitrogens with zero attached hydrogens (tertiary/aromatic N) is 1. The van der Waals surface area contributed by atoms with E-state index in [0.717, 1.165) is 23.2 Å².